The van der Waals surface area contributed by atoms with Crippen molar-refractivity contribution < 1.29 is 8.42 Å². The van der Waals surface area contributed by atoms with E-state index in [1.54, 1.807) is 6.92 Å². The zero-order chi connectivity index (χ0) is 18.0. The molecule has 0 amide bonds. The molecule has 1 aliphatic rings. The van der Waals surface area contributed by atoms with E-state index in [-0.39, 0.29) is 5.75 Å². The minimum Gasteiger partial charge on any atom is -0.357 e. The summed E-state index contributed by atoms with van der Waals surface area (Å²) in [6.07, 6.45) is 5.67. The first-order valence-electron chi connectivity index (χ1n) is 9.40. The molecule has 6 nitrogen and oxygen atoms in total. The first kappa shape index (κ1) is 21.2. The van der Waals surface area contributed by atoms with E-state index in [0.29, 0.717) is 25.6 Å². The second-order valence-corrected chi connectivity index (χ2v) is 9.01. The molecule has 0 heterocycles. The van der Waals surface area contributed by atoms with Crippen molar-refractivity contribution in [1.82, 2.24) is 15.4 Å². The Bertz CT molecular complexity index is 469. The molecule has 1 rings (SSSR count). The summed E-state index contributed by atoms with van der Waals surface area (Å²) < 4.78 is 25.3. The minimum atomic E-state index is -3.10. The Morgan fingerprint density at radius 3 is 2.38 bits per heavy atom. The van der Waals surface area contributed by atoms with Crippen molar-refractivity contribution >= 4 is 16.0 Å². The number of nitrogens with zero attached hydrogens (tertiary/aromatic N) is 1. The number of hydrogen-bond donors (Lipinski definition) is 3. The van der Waals surface area contributed by atoms with E-state index in [1.807, 2.05) is 0 Å². The summed E-state index contributed by atoms with van der Waals surface area (Å²) in [6.45, 7) is 10.2. The highest BCUT2D eigenvalue weighted by atomic mass is 32.2. The number of rotatable bonds is 9. The Hall–Kier alpha value is -0.820. The first-order chi connectivity index (χ1) is 11.4. The first-order valence-corrected chi connectivity index (χ1v) is 11.0. The van der Waals surface area contributed by atoms with Crippen LogP contribution in [0.3, 0.4) is 0 Å². The van der Waals surface area contributed by atoms with Crippen LogP contribution in [-0.2, 0) is 10.0 Å². The Kier molecular flexibility index (Phi) is 9.66. The van der Waals surface area contributed by atoms with Gasteiger partial charge in [0.05, 0.1) is 5.75 Å². The minimum absolute atomic E-state index is 0.125. The fourth-order valence-corrected chi connectivity index (χ4v) is 3.70. The van der Waals surface area contributed by atoms with Crippen LogP contribution in [0.15, 0.2) is 4.99 Å². The smallest absolute Gasteiger partial charge is 0.211 e. The molecule has 1 saturated carbocycles. The van der Waals surface area contributed by atoms with Gasteiger partial charge in [-0.3, -0.25) is 4.99 Å². The largest absolute Gasteiger partial charge is 0.357 e. The lowest BCUT2D eigenvalue weighted by Gasteiger charge is -2.32. The quantitative estimate of drug-likeness (QED) is 0.334. The SMILES string of the molecule is CCNC(=NCCCNS(=O)(=O)CC)NC1CCC(C(C)C)CC1. The maximum atomic E-state index is 11.4. The van der Waals surface area contributed by atoms with Crippen LogP contribution >= 0.6 is 0 Å². The summed E-state index contributed by atoms with van der Waals surface area (Å²) in [7, 11) is -3.10. The van der Waals surface area contributed by atoms with Crippen LogP contribution in [-0.4, -0.2) is 45.8 Å². The van der Waals surface area contributed by atoms with E-state index in [0.717, 1.165) is 24.3 Å². The molecule has 24 heavy (non-hydrogen) atoms. The van der Waals surface area contributed by atoms with Gasteiger partial charge >= 0.3 is 0 Å². The number of hydrogen-bond acceptors (Lipinski definition) is 3. The summed E-state index contributed by atoms with van der Waals surface area (Å²) in [5, 5.41) is 6.82. The molecule has 7 heteroatoms. The molecule has 0 radical (unpaired) electrons. The average molecular weight is 361 g/mol. The van der Waals surface area contributed by atoms with Gasteiger partial charge in [-0.25, -0.2) is 13.1 Å². The standard InChI is InChI=1S/C17H36N4O2S/c1-5-18-17(19-12-7-13-20-24(22,23)6-2)21-16-10-8-15(9-11-16)14(3)4/h14-16,20H,5-13H2,1-4H3,(H2,18,19,21). The molecule has 0 aromatic rings. The molecule has 1 aliphatic carbocycles. The van der Waals surface area contributed by atoms with Crippen molar-refractivity contribution in [2.24, 2.45) is 16.8 Å². The van der Waals surface area contributed by atoms with Gasteiger partial charge in [0, 0.05) is 25.7 Å². The normalized spacial score (nSPS) is 22.6. The van der Waals surface area contributed by atoms with E-state index in [9.17, 15) is 8.42 Å². The Labute approximate surface area is 148 Å². The van der Waals surface area contributed by atoms with Gasteiger partial charge < -0.3 is 10.6 Å². The number of nitrogens with one attached hydrogen (secondary N) is 3. The highest BCUT2D eigenvalue weighted by Crippen LogP contribution is 2.29. The fourth-order valence-electron chi connectivity index (χ4n) is 3.04. The molecule has 0 spiro atoms. The number of aliphatic imine (C=N–C) groups is 1. The van der Waals surface area contributed by atoms with E-state index >= 15 is 0 Å². The molecule has 1 fully saturated rings. The molecular weight excluding hydrogens is 324 g/mol. The van der Waals surface area contributed by atoms with Crippen molar-refractivity contribution in [3.8, 4) is 0 Å². The van der Waals surface area contributed by atoms with Crippen molar-refractivity contribution in [2.75, 3.05) is 25.4 Å². The predicted octanol–water partition coefficient (Wildman–Crippen LogP) is 2.09. The van der Waals surface area contributed by atoms with E-state index in [1.165, 1.54) is 25.7 Å². The van der Waals surface area contributed by atoms with Gasteiger partial charge in [0.15, 0.2) is 5.96 Å². The second kappa shape index (κ2) is 10.9. The zero-order valence-electron chi connectivity index (χ0n) is 15.8. The van der Waals surface area contributed by atoms with Crippen LogP contribution in [0.2, 0.25) is 0 Å². The topological polar surface area (TPSA) is 82.6 Å². The van der Waals surface area contributed by atoms with Gasteiger partial charge in [0.1, 0.15) is 0 Å². The number of sulfonamides is 1. The average Bonchev–Trinajstić information content (AvgIpc) is 2.55. The summed E-state index contributed by atoms with van der Waals surface area (Å²) in [6, 6.07) is 0.497. The second-order valence-electron chi connectivity index (χ2n) is 6.91. The third-order valence-corrected chi connectivity index (χ3v) is 6.11. The monoisotopic (exact) mass is 360 g/mol. The molecule has 0 bridgehead atoms. The third kappa shape index (κ3) is 8.33. The van der Waals surface area contributed by atoms with Crippen molar-refractivity contribution in [2.45, 2.75) is 65.8 Å². The van der Waals surface area contributed by atoms with Crippen LogP contribution < -0.4 is 15.4 Å². The maximum Gasteiger partial charge on any atom is 0.211 e. The van der Waals surface area contributed by atoms with Gasteiger partial charge in [-0.1, -0.05) is 13.8 Å². The highest BCUT2D eigenvalue weighted by molar-refractivity contribution is 7.89. The predicted molar refractivity (Wildman–Crippen MR) is 102 cm³/mol. The molecule has 142 valence electrons. The summed E-state index contributed by atoms with van der Waals surface area (Å²) in [5.41, 5.74) is 0. The zero-order valence-corrected chi connectivity index (χ0v) is 16.6. The lowest BCUT2D eigenvalue weighted by Crippen LogP contribution is -2.45. The van der Waals surface area contributed by atoms with Gasteiger partial charge in [-0.15, -0.1) is 0 Å². The number of guanidine groups is 1. The van der Waals surface area contributed by atoms with Crippen LogP contribution in [0.5, 0.6) is 0 Å². The van der Waals surface area contributed by atoms with E-state index in [4.69, 9.17) is 0 Å². The molecule has 0 unspecified atom stereocenters. The van der Waals surface area contributed by atoms with Crippen LogP contribution in [0, 0.1) is 11.8 Å². The molecule has 0 atom stereocenters. The molecule has 0 aromatic heterocycles. The van der Waals surface area contributed by atoms with Gasteiger partial charge in [0.25, 0.3) is 0 Å². The van der Waals surface area contributed by atoms with Gasteiger partial charge in [-0.2, -0.15) is 0 Å². The van der Waals surface area contributed by atoms with Gasteiger partial charge in [0.2, 0.25) is 10.0 Å². The molecular formula is C17H36N4O2S. The summed E-state index contributed by atoms with van der Waals surface area (Å²) in [4.78, 5) is 4.57. The highest BCUT2D eigenvalue weighted by Gasteiger charge is 2.23. The summed E-state index contributed by atoms with van der Waals surface area (Å²) >= 11 is 0. The maximum absolute atomic E-state index is 11.4. The Morgan fingerprint density at radius 1 is 1.17 bits per heavy atom. The van der Waals surface area contributed by atoms with E-state index in [2.05, 4.69) is 41.1 Å². The molecule has 0 saturated heterocycles. The molecule has 0 aromatic carbocycles. The van der Waals surface area contributed by atoms with Crippen LogP contribution in [0.25, 0.3) is 0 Å². The lowest BCUT2D eigenvalue weighted by atomic mass is 9.80. The molecule has 3 N–H and O–H groups in total. The molecule has 0 aliphatic heterocycles. The van der Waals surface area contributed by atoms with E-state index < -0.39 is 10.0 Å². The van der Waals surface area contributed by atoms with Crippen molar-refractivity contribution in [3.63, 3.8) is 0 Å². The lowest BCUT2D eigenvalue weighted by molar-refractivity contribution is 0.250. The Morgan fingerprint density at radius 2 is 1.83 bits per heavy atom. The van der Waals surface area contributed by atoms with Gasteiger partial charge in [-0.05, 0) is 57.8 Å². The Balaban J connectivity index is 2.35. The van der Waals surface area contributed by atoms with Crippen LogP contribution in [0.1, 0.15) is 59.8 Å². The van der Waals surface area contributed by atoms with Crippen LogP contribution in [0.4, 0.5) is 0 Å². The van der Waals surface area contributed by atoms with Crippen molar-refractivity contribution in [3.05, 3.63) is 0 Å². The fraction of sp³-hybridized carbons (Fsp3) is 0.941. The van der Waals surface area contributed by atoms with Crippen molar-refractivity contribution in [1.29, 1.82) is 0 Å². The summed E-state index contributed by atoms with van der Waals surface area (Å²) in [5.74, 6) is 2.61. The third-order valence-electron chi connectivity index (χ3n) is 4.71.